The molecule has 114 valence electrons. The van der Waals surface area contributed by atoms with Gasteiger partial charge in [-0.15, -0.1) is 0 Å². The lowest BCUT2D eigenvalue weighted by Crippen LogP contribution is -2.26. The number of aryl methyl sites for hydroxylation is 2. The van der Waals surface area contributed by atoms with Gasteiger partial charge in [0.15, 0.2) is 11.4 Å². The molecule has 0 spiro atoms. The van der Waals surface area contributed by atoms with Crippen LogP contribution in [0.5, 0.6) is 5.75 Å². The molecule has 2 aromatic heterocycles. The third-order valence-electron chi connectivity index (χ3n) is 3.53. The SMILES string of the molecule is COc1c(C)nn(C)c(=O)c1-n1c(Cl)c(Br)c2ccccc21. The molecule has 0 aliphatic heterocycles. The molecule has 7 heteroatoms. The van der Waals surface area contributed by atoms with Crippen LogP contribution in [0.1, 0.15) is 5.69 Å². The fourth-order valence-electron chi connectivity index (χ4n) is 2.57. The molecule has 0 unspecified atom stereocenters. The monoisotopic (exact) mass is 381 g/mol. The van der Waals surface area contributed by atoms with Gasteiger partial charge in [0, 0.05) is 12.4 Å². The normalized spacial score (nSPS) is 11.1. The van der Waals surface area contributed by atoms with Crippen LogP contribution in [0.2, 0.25) is 5.15 Å². The summed E-state index contributed by atoms with van der Waals surface area (Å²) in [7, 11) is 3.12. The zero-order chi connectivity index (χ0) is 16.0. The van der Waals surface area contributed by atoms with Crippen molar-refractivity contribution in [3.05, 3.63) is 49.9 Å². The van der Waals surface area contributed by atoms with E-state index in [4.69, 9.17) is 16.3 Å². The molecule has 22 heavy (non-hydrogen) atoms. The minimum absolute atomic E-state index is 0.280. The first kappa shape index (κ1) is 15.1. The van der Waals surface area contributed by atoms with Gasteiger partial charge >= 0.3 is 0 Å². The second kappa shape index (κ2) is 5.44. The summed E-state index contributed by atoms with van der Waals surface area (Å²) in [4.78, 5) is 12.6. The van der Waals surface area contributed by atoms with Crippen LogP contribution in [-0.2, 0) is 7.05 Å². The summed E-state index contributed by atoms with van der Waals surface area (Å²) in [5.41, 5.74) is 1.51. The number of para-hydroxylation sites is 1. The van der Waals surface area contributed by atoms with Crippen LogP contribution in [-0.4, -0.2) is 21.5 Å². The summed E-state index contributed by atoms with van der Waals surface area (Å²) in [6, 6.07) is 7.65. The Morgan fingerprint density at radius 3 is 2.68 bits per heavy atom. The molecule has 0 bridgehead atoms. The van der Waals surface area contributed by atoms with Gasteiger partial charge in [0.2, 0.25) is 0 Å². The lowest BCUT2D eigenvalue weighted by molar-refractivity contribution is 0.401. The minimum atomic E-state index is -0.280. The van der Waals surface area contributed by atoms with E-state index in [1.165, 1.54) is 11.8 Å². The van der Waals surface area contributed by atoms with Gasteiger partial charge < -0.3 is 4.74 Å². The largest absolute Gasteiger partial charge is 0.492 e. The molecule has 0 aliphatic rings. The van der Waals surface area contributed by atoms with Gasteiger partial charge in [-0.1, -0.05) is 29.8 Å². The van der Waals surface area contributed by atoms with E-state index in [1.54, 1.807) is 18.5 Å². The number of hydrogen-bond acceptors (Lipinski definition) is 3. The summed E-state index contributed by atoms with van der Waals surface area (Å²) in [6.07, 6.45) is 0. The van der Waals surface area contributed by atoms with E-state index < -0.39 is 0 Å². The Balaban J connectivity index is 2.53. The zero-order valence-corrected chi connectivity index (χ0v) is 14.6. The van der Waals surface area contributed by atoms with Crippen molar-refractivity contribution in [1.29, 1.82) is 0 Å². The van der Waals surface area contributed by atoms with E-state index in [9.17, 15) is 4.79 Å². The zero-order valence-electron chi connectivity index (χ0n) is 12.2. The summed E-state index contributed by atoms with van der Waals surface area (Å²) in [5.74, 6) is 0.415. The van der Waals surface area contributed by atoms with E-state index in [0.717, 1.165) is 15.4 Å². The highest BCUT2D eigenvalue weighted by molar-refractivity contribution is 9.10. The van der Waals surface area contributed by atoms with Gasteiger partial charge in [-0.25, -0.2) is 4.68 Å². The highest BCUT2D eigenvalue weighted by atomic mass is 79.9. The van der Waals surface area contributed by atoms with E-state index in [-0.39, 0.29) is 5.56 Å². The molecular formula is C15H13BrClN3O2. The number of aromatic nitrogens is 3. The summed E-state index contributed by atoms with van der Waals surface area (Å²) >= 11 is 9.96. The van der Waals surface area contributed by atoms with E-state index in [1.807, 2.05) is 24.3 Å². The quantitative estimate of drug-likeness (QED) is 0.682. The number of halogens is 2. The molecule has 0 saturated carbocycles. The van der Waals surface area contributed by atoms with Crippen molar-refractivity contribution in [2.24, 2.45) is 7.05 Å². The number of methoxy groups -OCH3 is 1. The van der Waals surface area contributed by atoms with Crippen LogP contribution in [0.3, 0.4) is 0 Å². The Labute approximate surface area is 140 Å². The molecule has 3 rings (SSSR count). The molecule has 0 amide bonds. The predicted octanol–water partition coefficient (Wildman–Crippen LogP) is 3.46. The molecule has 0 saturated heterocycles. The van der Waals surface area contributed by atoms with Crippen molar-refractivity contribution < 1.29 is 4.74 Å². The highest BCUT2D eigenvalue weighted by Crippen LogP contribution is 2.38. The molecule has 0 atom stereocenters. The fraction of sp³-hybridized carbons (Fsp3) is 0.200. The van der Waals surface area contributed by atoms with Gasteiger partial charge in [0.05, 0.1) is 17.1 Å². The van der Waals surface area contributed by atoms with Crippen molar-refractivity contribution in [3.63, 3.8) is 0 Å². The molecule has 0 N–H and O–H groups in total. The van der Waals surface area contributed by atoms with Gasteiger partial charge in [0.25, 0.3) is 5.56 Å². The van der Waals surface area contributed by atoms with Crippen LogP contribution < -0.4 is 10.3 Å². The van der Waals surface area contributed by atoms with Crippen molar-refractivity contribution >= 4 is 38.4 Å². The van der Waals surface area contributed by atoms with Crippen LogP contribution in [0.25, 0.3) is 16.6 Å². The van der Waals surface area contributed by atoms with E-state index in [2.05, 4.69) is 21.0 Å². The Morgan fingerprint density at radius 1 is 1.32 bits per heavy atom. The lowest BCUT2D eigenvalue weighted by Gasteiger charge is -2.14. The maximum atomic E-state index is 12.6. The van der Waals surface area contributed by atoms with Crippen LogP contribution in [0.15, 0.2) is 33.5 Å². The first-order valence-electron chi connectivity index (χ1n) is 6.54. The van der Waals surface area contributed by atoms with Crippen molar-refractivity contribution in [2.45, 2.75) is 6.92 Å². The Bertz CT molecular complexity index is 946. The van der Waals surface area contributed by atoms with E-state index in [0.29, 0.717) is 22.3 Å². The molecule has 0 radical (unpaired) electrons. The number of fused-ring (bicyclic) bond motifs is 1. The molecular weight excluding hydrogens is 370 g/mol. The standard InChI is InChI=1S/C15H13BrClN3O2/c1-8-13(22-3)12(15(21)19(2)18-8)20-10-7-5-4-6-9(10)11(16)14(20)17/h4-7H,1-3H3. The van der Waals surface area contributed by atoms with Crippen molar-refractivity contribution in [1.82, 2.24) is 14.3 Å². The highest BCUT2D eigenvalue weighted by Gasteiger charge is 2.22. The first-order valence-corrected chi connectivity index (χ1v) is 7.71. The topological polar surface area (TPSA) is 49.1 Å². The number of benzene rings is 1. The Kier molecular flexibility index (Phi) is 3.74. The smallest absolute Gasteiger partial charge is 0.294 e. The lowest BCUT2D eigenvalue weighted by atomic mass is 10.2. The Morgan fingerprint density at radius 2 is 2.00 bits per heavy atom. The maximum absolute atomic E-state index is 12.6. The van der Waals surface area contributed by atoms with Crippen molar-refractivity contribution in [3.8, 4) is 11.4 Å². The average molecular weight is 383 g/mol. The molecule has 0 aliphatic carbocycles. The third-order valence-corrected chi connectivity index (χ3v) is 4.92. The second-order valence-corrected chi connectivity index (χ2v) is 6.00. The summed E-state index contributed by atoms with van der Waals surface area (Å²) in [5, 5.41) is 5.50. The molecule has 3 aromatic rings. The van der Waals surface area contributed by atoms with Gasteiger partial charge in [0.1, 0.15) is 10.8 Å². The van der Waals surface area contributed by atoms with Crippen LogP contribution in [0.4, 0.5) is 0 Å². The number of ether oxygens (including phenoxy) is 1. The minimum Gasteiger partial charge on any atom is -0.492 e. The van der Waals surface area contributed by atoms with E-state index >= 15 is 0 Å². The number of hydrogen-bond donors (Lipinski definition) is 0. The first-order chi connectivity index (χ1) is 10.5. The number of nitrogens with zero attached hydrogens (tertiary/aromatic N) is 3. The molecule has 5 nitrogen and oxygen atoms in total. The molecule has 2 heterocycles. The van der Waals surface area contributed by atoms with Crippen LogP contribution >= 0.6 is 27.5 Å². The molecule has 0 fully saturated rings. The molecule has 1 aromatic carbocycles. The second-order valence-electron chi connectivity index (χ2n) is 4.85. The predicted molar refractivity (Wildman–Crippen MR) is 90.3 cm³/mol. The Hall–Kier alpha value is -1.79. The summed E-state index contributed by atoms with van der Waals surface area (Å²) < 4.78 is 9.12. The van der Waals surface area contributed by atoms with Crippen LogP contribution in [0, 0.1) is 6.92 Å². The van der Waals surface area contributed by atoms with Crippen molar-refractivity contribution in [2.75, 3.05) is 7.11 Å². The maximum Gasteiger partial charge on any atom is 0.294 e. The number of rotatable bonds is 2. The third kappa shape index (κ3) is 2.06. The van der Waals surface area contributed by atoms with Gasteiger partial charge in [-0.05, 0) is 28.9 Å². The average Bonchev–Trinajstić information content (AvgIpc) is 2.75. The fourth-order valence-corrected chi connectivity index (χ4v) is 3.36. The summed E-state index contributed by atoms with van der Waals surface area (Å²) in [6.45, 7) is 1.79. The van der Waals surface area contributed by atoms with Gasteiger partial charge in [-0.3, -0.25) is 9.36 Å². The van der Waals surface area contributed by atoms with Gasteiger partial charge in [-0.2, -0.15) is 5.10 Å².